The van der Waals surface area contributed by atoms with Gasteiger partial charge in [0.1, 0.15) is 5.82 Å². The van der Waals surface area contributed by atoms with Crippen LogP contribution in [0.1, 0.15) is 49.5 Å². The maximum atomic E-state index is 13.1. The zero-order valence-corrected chi connectivity index (χ0v) is 19.3. The lowest BCUT2D eigenvalue weighted by Gasteiger charge is -2.35. The van der Waals surface area contributed by atoms with Gasteiger partial charge in [-0.1, -0.05) is 25.5 Å². The van der Waals surface area contributed by atoms with Gasteiger partial charge in [-0.25, -0.2) is 4.79 Å². The topological polar surface area (TPSA) is 114 Å². The summed E-state index contributed by atoms with van der Waals surface area (Å²) in [6.07, 6.45) is 1.98. The third kappa shape index (κ3) is 5.28. The lowest BCUT2D eigenvalue weighted by Crippen LogP contribution is -2.44. The van der Waals surface area contributed by atoms with Crippen molar-refractivity contribution in [3.63, 3.8) is 0 Å². The number of nitrogens with one attached hydrogen (secondary N) is 1. The van der Waals surface area contributed by atoms with Gasteiger partial charge in [-0.3, -0.25) is 24.0 Å². The highest BCUT2D eigenvalue weighted by atomic mass is 16.5. The number of hydrogen-bond donors (Lipinski definition) is 2. The fourth-order valence-electron chi connectivity index (χ4n) is 4.16. The van der Waals surface area contributed by atoms with E-state index in [1.807, 2.05) is 19.1 Å². The van der Waals surface area contributed by atoms with Crippen molar-refractivity contribution in [2.24, 2.45) is 0 Å². The molecule has 0 aliphatic carbocycles. The van der Waals surface area contributed by atoms with E-state index < -0.39 is 11.2 Å². The summed E-state index contributed by atoms with van der Waals surface area (Å²) in [4.78, 5) is 43.4. The van der Waals surface area contributed by atoms with E-state index in [1.165, 1.54) is 16.5 Å². The maximum Gasteiger partial charge on any atom is 0.330 e. The van der Waals surface area contributed by atoms with Gasteiger partial charge >= 0.3 is 5.69 Å². The first kappa shape index (κ1) is 23.7. The molecule has 1 amide bonds. The summed E-state index contributed by atoms with van der Waals surface area (Å²) < 4.78 is 7.08. The number of H-pyrrole nitrogens is 1. The van der Waals surface area contributed by atoms with Crippen LogP contribution in [0.25, 0.3) is 0 Å². The van der Waals surface area contributed by atoms with Crippen molar-refractivity contribution in [2.45, 2.75) is 58.9 Å². The standard InChI is InChI=1S/C23H33N5O4/c1-5-6-11-28-20(24)19(21(29)25-23(28)31)26(4)22(30)18-9-7-17(8-10-18)14-27-12-15(2)32-16(3)13-27/h7-10,15-16H,5-6,11-14,24H2,1-4H3,(H,25,29,31). The van der Waals surface area contributed by atoms with Crippen LogP contribution in [0.3, 0.4) is 0 Å². The largest absolute Gasteiger partial charge is 0.383 e. The third-order valence-corrected chi connectivity index (χ3v) is 5.69. The van der Waals surface area contributed by atoms with Gasteiger partial charge in [0.25, 0.3) is 11.5 Å². The number of anilines is 2. The van der Waals surface area contributed by atoms with Crippen molar-refractivity contribution >= 4 is 17.4 Å². The lowest BCUT2D eigenvalue weighted by atomic mass is 10.1. The molecule has 2 atom stereocenters. The molecule has 1 aliphatic heterocycles. The van der Waals surface area contributed by atoms with Crippen LogP contribution >= 0.6 is 0 Å². The van der Waals surface area contributed by atoms with E-state index in [1.54, 1.807) is 12.1 Å². The molecule has 3 N–H and O–H groups in total. The number of morpholine rings is 1. The quantitative estimate of drug-likeness (QED) is 0.675. The molecule has 1 aliphatic rings. The number of ether oxygens (including phenoxy) is 1. The van der Waals surface area contributed by atoms with Gasteiger partial charge in [0, 0.05) is 38.8 Å². The van der Waals surface area contributed by atoms with Gasteiger partial charge < -0.3 is 15.4 Å². The molecule has 0 saturated carbocycles. The Kier molecular flexibility index (Phi) is 7.52. The van der Waals surface area contributed by atoms with Crippen LogP contribution in [-0.4, -0.2) is 52.7 Å². The summed E-state index contributed by atoms with van der Waals surface area (Å²) >= 11 is 0. The molecule has 0 radical (unpaired) electrons. The number of unbranched alkanes of at least 4 members (excludes halogenated alkanes) is 1. The summed E-state index contributed by atoms with van der Waals surface area (Å²) in [5, 5.41) is 0. The van der Waals surface area contributed by atoms with E-state index in [4.69, 9.17) is 10.5 Å². The molecule has 1 aromatic carbocycles. The first-order valence-corrected chi connectivity index (χ1v) is 11.1. The summed E-state index contributed by atoms with van der Waals surface area (Å²) in [6.45, 7) is 9.01. The van der Waals surface area contributed by atoms with Gasteiger partial charge in [0.15, 0.2) is 5.69 Å². The van der Waals surface area contributed by atoms with E-state index in [9.17, 15) is 14.4 Å². The number of carbonyl (C=O) groups excluding carboxylic acids is 1. The molecule has 0 bridgehead atoms. The molecule has 1 fully saturated rings. The molecule has 2 unspecified atom stereocenters. The average Bonchev–Trinajstić information content (AvgIpc) is 2.72. The molecule has 174 valence electrons. The van der Waals surface area contributed by atoms with Crippen LogP contribution < -0.4 is 21.9 Å². The predicted octanol–water partition coefficient (Wildman–Crippen LogP) is 1.80. The van der Waals surface area contributed by atoms with E-state index in [2.05, 4.69) is 23.7 Å². The Morgan fingerprint density at radius 3 is 2.41 bits per heavy atom. The zero-order valence-electron chi connectivity index (χ0n) is 19.3. The molecule has 3 rings (SSSR count). The first-order chi connectivity index (χ1) is 15.2. The predicted molar refractivity (Wildman–Crippen MR) is 125 cm³/mol. The Morgan fingerprint density at radius 1 is 1.19 bits per heavy atom. The van der Waals surface area contributed by atoms with Crippen molar-refractivity contribution in [2.75, 3.05) is 30.8 Å². The highest BCUT2D eigenvalue weighted by Crippen LogP contribution is 2.19. The molecular formula is C23H33N5O4. The van der Waals surface area contributed by atoms with Gasteiger partial charge in [-0.05, 0) is 38.0 Å². The molecule has 2 heterocycles. The van der Waals surface area contributed by atoms with Gasteiger partial charge in [0.05, 0.1) is 12.2 Å². The van der Waals surface area contributed by atoms with Crippen molar-refractivity contribution < 1.29 is 9.53 Å². The van der Waals surface area contributed by atoms with Crippen molar-refractivity contribution in [1.82, 2.24) is 14.5 Å². The number of benzene rings is 1. The smallest absolute Gasteiger partial charge is 0.330 e. The second-order valence-electron chi connectivity index (χ2n) is 8.51. The summed E-state index contributed by atoms with van der Waals surface area (Å²) in [7, 11) is 1.49. The van der Waals surface area contributed by atoms with Crippen LogP contribution in [0.5, 0.6) is 0 Å². The molecular weight excluding hydrogens is 410 g/mol. The van der Waals surface area contributed by atoms with Gasteiger partial charge in [-0.15, -0.1) is 0 Å². The average molecular weight is 444 g/mol. The number of rotatable bonds is 7. The number of aromatic nitrogens is 2. The fraction of sp³-hybridized carbons (Fsp3) is 0.522. The van der Waals surface area contributed by atoms with Crippen LogP contribution in [0.4, 0.5) is 11.5 Å². The van der Waals surface area contributed by atoms with Gasteiger partial charge in [-0.2, -0.15) is 0 Å². The molecule has 9 heteroatoms. The molecule has 9 nitrogen and oxygen atoms in total. The number of amides is 1. The van der Waals surface area contributed by atoms with Gasteiger partial charge in [0.2, 0.25) is 0 Å². The van der Waals surface area contributed by atoms with E-state index in [-0.39, 0.29) is 29.6 Å². The Bertz CT molecular complexity index is 1050. The second kappa shape index (κ2) is 10.1. The Labute approximate surface area is 187 Å². The monoisotopic (exact) mass is 443 g/mol. The number of aromatic amines is 1. The van der Waals surface area contributed by atoms with Crippen molar-refractivity contribution in [3.8, 4) is 0 Å². The number of nitrogens with zero attached hydrogens (tertiary/aromatic N) is 3. The van der Waals surface area contributed by atoms with Crippen LogP contribution in [0, 0.1) is 0 Å². The fourth-order valence-corrected chi connectivity index (χ4v) is 4.16. The minimum Gasteiger partial charge on any atom is -0.383 e. The summed E-state index contributed by atoms with van der Waals surface area (Å²) in [5.41, 5.74) is 6.39. The maximum absolute atomic E-state index is 13.1. The molecule has 32 heavy (non-hydrogen) atoms. The SMILES string of the molecule is CCCCn1c(N)c(N(C)C(=O)c2ccc(CN3CC(C)OC(C)C3)cc2)c(=O)[nH]c1=O. The molecule has 0 spiro atoms. The van der Waals surface area contributed by atoms with E-state index >= 15 is 0 Å². The van der Waals surface area contributed by atoms with E-state index in [0.29, 0.717) is 12.1 Å². The van der Waals surface area contributed by atoms with Crippen LogP contribution in [0.15, 0.2) is 33.9 Å². The van der Waals surface area contributed by atoms with E-state index in [0.717, 1.165) is 38.0 Å². The molecule has 1 aromatic heterocycles. The molecule has 2 aromatic rings. The normalized spacial score (nSPS) is 19.1. The third-order valence-electron chi connectivity index (χ3n) is 5.69. The molecule has 1 saturated heterocycles. The zero-order chi connectivity index (χ0) is 23.4. The highest BCUT2D eigenvalue weighted by Gasteiger charge is 2.24. The number of nitrogen functional groups attached to an aromatic ring is 1. The minimum absolute atomic E-state index is 0.00442. The number of carbonyl (C=O) groups is 1. The number of hydrogen-bond acceptors (Lipinski definition) is 6. The lowest BCUT2D eigenvalue weighted by molar-refractivity contribution is -0.0704. The highest BCUT2D eigenvalue weighted by molar-refractivity contribution is 6.06. The van der Waals surface area contributed by atoms with Crippen LogP contribution in [0.2, 0.25) is 0 Å². The van der Waals surface area contributed by atoms with Crippen LogP contribution in [-0.2, 0) is 17.8 Å². The first-order valence-electron chi connectivity index (χ1n) is 11.1. The summed E-state index contributed by atoms with van der Waals surface area (Å²) in [5.74, 6) is -0.377. The Balaban J connectivity index is 1.78. The Hall–Kier alpha value is -2.91. The van der Waals surface area contributed by atoms with Crippen molar-refractivity contribution in [3.05, 3.63) is 56.2 Å². The second-order valence-corrected chi connectivity index (χ2v) is 8.51. The minimum atomic E-state index is -0.678. The summed E-state index contributed by atoms with van der Waals surface area (Å²) in [6, 6.07) is 7.33. The Morgan fingerprint density at radius 2 is 1.81 bits per heavy atom. The van der Waals surface area contributed by atoms with Crippen molar-refractivity contribution in [1.29, 1.82) is 0 Å². The number of nitrogens with two attached hydrogens (primary N) is 1.